The molecular weight excluding hydrogens is 268 g/mol. The van der Waals surface area contributed by atoms with Gasteiger partial charge in [0.25, 0.3) is 0 Å². The fraction of sp³-hybridized carbons (Fsp3) is 0.182. The molecule has 0 saturated carbocycles. The van der Waals surface area contributed by atoms with Crippen LogP contribution in [0.3, 0.4) is 0 Å². The molecule has 0 radical (unpaired) electrons. The summed E-state index contributed by atoms with van der Waals surface area (Å²) in [5.74, 6) is -0.416. The summed E-state index contributed by atoms with van der Waals surface area (Å²) in [7, 11) is 1.20. The van der Waals surface area contributed by atoms with Crippen molar-refractivity contribution in [3.8, 4) is 0 Å². The Morgan fingerprint density at radius 2 is 2.06 bits per heavy atom. The molecule has 0 aromatic heterocycles. The number of aryl methyl sites for hydroxylation is 1. The monoisotopic (exact) mass is 277 g/mol. The van der Waals surface area contributed by atoms with Crippen LogP contribution in [0.1, 0.15) is 11.1 Å². The number of carbonyl (C=O) groups is 1. The zero-order chi connectivity index (χ0) is 13.0. The van der Waals surface area contributed by atoms with Gasteiger partial charge in [0.1, 0.15) is 10.3 Å². The number of methoxy groups -OCH3 is 1. The average molecular weight is 278 g/mol. The molecule has 0 bridgehead atoms. The molecule has 1 rings (SSSR count). The predicted octanol–water partition coefficient (Wildman–Crippen LogP) is 3.59. The van der Waals surface area contributed by atoms with E-state index < -0.39 is 11.9 Å². The molecule has 0 saturated heterocycles. The maximum absolute atomic E-state index is 13.4. The third-order valence-electron chi connectivity index (χ3n) is 2.06. The number of amides is 1. The van der Waals surface area contributed by atoms with Crippen LogP contribution in [-0.2, 0) is 4.74 Å². The van der Waals surface area contributed by atoms with Crippen LogP contribution in [-0.4, -0.2) is 13.2 Å². The van der Waals surface area contributed by atoms with Gasteiger partial charge in [-0.15, -0.1) is 0 Å². The molecule has 92 valence electrons. The summed E-state index contributed by atoms with van der Waals surface area (Å²) in [5.41, 5.74) is 0.939. The van der Waals surface area contributed by atoms with Crippen LogP contribution in [0.25, 0.3) is 5.70 Å². The molecule has 3 nitrogen and oxygen atoms in total. The molecule has 0 aliphatic carbocycles. The second kappa shape index (κ2) is 5.89. The number of carbonyl (C=O) groups excluding carboxylic acids is 1. The van der Waals surface area contributed by atoms with Crippen LogP contribution in [0.15, 0.2) is 22.7 Å². The highest BCUT2D eigenvalue weighted by Gasteiger charge is 2.12. The molecule has 0 spiro atoms. The lowest BCUT2D eigenvalue weighted by atomic mass is 10.1. The number of ether oxygens (including phenoxy) is 1. The van der Waals surface area contributed by atoms with Gasteiger partial charge < -0.3 is 4.74 Å². The molecule has 1 N–H and O–H groups in total. The minimum atomic E-state index is -0.736. The second-order valence-corrected chi connectivity index (χ2v) is 4.17. The maximum Gasteiger partial charge on any atom is 0.411 e. The van der Waals surface area contributed by atoms with Gasteiger partial charge in [0, 0.05) is 5.56 Å². The van der Waals surface area contributed by atoms with E-state index in [-0.39, 0.29) is 10.2 Å². The van der Waals surface area contributed by atoms with Gasteiger partial charge in [0.05, 0.1) is 12.8 Å². The van der Waals surface area contributed by atoms with Crippen LogP contribution in [0.4, 0.5) is 9.18 Å². The molecule has 1 aromatic rings. The Labute approximate surface area is 108 Å². The fourth-order valence-electron chi connectivity index (χ4n) is 1.13. The largest absolute Gasteiger partial charge is 0.453 e. The van der Waals surface area contributed by atoms with Gasteiger partial charge in [-0.3, -0.25) is 5.32 Å². The Balaban J connectivity index is 3.12. The number of halogens is 3. The Hall–Kier alpha value is -1.26. The molecule has 0 fully saturated rings. The summed E-state index contributed by atoms with van der Waals surface area (Å²) >= 11 is 11.2. The lowest BCUT2D eigenvalue weighted by molar-refractivity contribution is 0.176. The van der Waals surface area contributed by atoms with Gasteiger partial charge in [0.2, 0.25) is 0 Å². The first kappa shape index (κ1) is 13.8. The second-order valence-electron chi connectivity index (χ2n) is 3.22. The van der Waals surface area contributed by atoms with Crippen molar-refractivity contribution in [1.82, 2.24) is 5.32 Å². The van der Waals surface area contributed by atoms with Crippen molar-refractivity contribution >= 4 is 35.0 Å². The lowest BCUT2D eigenvalue weighted by Crippen LogP contribution is -2.22. The smallest absolute Gasteiger partial charge is 0.411 e. The number of hydrogen-bond donors (Lipinski definition) is 1. The zero-order valence-corrected chi connectivity index (χ0v) is 10.7. The van der Waals surface area contributed by atoms with Crippen molar-refractivity contribution in [2.75, 3.05) is 7.11 Å². The van der Waals surface area contributed by atoms with Gasteiger partial charge >= 0.3 is 6.09 Å². The van der Waals surface area contributed by atoms with Crippen LogP contribution in [0.5, 0.6) is 0 Å². The lowest BCUT2D eigenvalue weighted by Gasteiger charge is -2.10. The number of rotatable bonds is 2. The average Bonchev–Trinajstić information content (AvgIpc) is 2.29. The minimum absolute atomic E-state index is 0.0964. The molecule has 6 heteroatoms. The van der Waals surface area contributed by atoms with Crippen molar-refractivity contribution in [3.63, 3.8) is 0 Å². The molecule has 1 aromatic carbocycles. The summed E-state index contributed by atoms with van der Waals surface area (Å²) < 4.78 is 17.6. The van der Waals surface area contributed by atoms with E-state index in [1.165, 1.54) is 13.2 Å². The molecule has 0 heterocycles. The predicted molar refractivity (Wildman–Crippen MR) is 65.3 cm³/mol. The first-order chi connectivity index (χ1) is 7.95. The van der Waals surface area contributed by atoms with Gasteiger partial charge in [-0.1, -0.05) is 35.3 Å². The van der Waals surface area contributed by atoms with Crippen LogP contribution in [0, 0.1) is 12.7 Å². The van der Waals surface area contributed by atoms with Crippen molar-refractivity contribution in [1.29, 1.82) is 0 Å². The Kier molecular flexibility index (Phi) is 4.78. The molecular formula is C11H10Cl2FNO2. The highest BCUT2D eigenvalue weighted by Crippen LogP contribution is 2.23. The molecule has 0 aliphatic rings. The Morgan fingerprint density at radius 3 is 2.53 bits per heavy atom. The van der Waals surface area contributed by atoms with E-state index in [1.54, 1.807) is 19.1 Å². The summed E-state index contributed by atoms with van der Waals surface area (Å²) in [6, 6.07) is 4.38. The quantitative estimate of drug-likeness (QED) is 0.897. The van der Waals surface area contributed by atoms with Crippen molar-refractivity contribution in [2.24, 2.45) is 0 Å². The number of benzene rings is 1. The number of alkyl carbamates (subject to hydrolysis) is 1. The van der Waals surface area contributed by atoms with Gasteiger partial charge in [-0.25, -0.2) is 9.18 Å². The first-order valence-corrected chi connectivity index (χ1v) is 5.38. The molecule has 1 amide bonds. The van der Waals surface area contributed by atoms with Gasteiger partial charge in [-0.05, 0) is 18.6 Å². The van der Waals surface area contributed by atoms with Crippen molar-refractivity contribution < 1.29 is 13.9 Å². The van der Waals surface area contributed by atoms with E-state index in [2.05, 4.69) is 10.1 Å². The van der Waals surface area contributed by atoms with E-state index in [1.807, 2.05) is 0 Å². The first-order valence-electron chi connectivity index (χ1n) is 4.62. The third kappa shape index (κ3) is 3.61. The summed E-state index contributed by atoms with van der Waals surface area (Å²) in [5, 5.41) is 2.32. The van der Waals surface area contributed by atoms with Crippen LogP contribution < -0.4 is 5.32 Å². The SMILES string of the molecule is COC(=O)NC(=C(Cl)Cl)c1ccc(C)c(F)c1. The topological polar surface area (TPSA) is 38.3 Å². The zero-order valence-electron chi connectivity index (χ0n) is 9.18. The highest BCUT2D eigenvalue weighted by atomic mass is 35.5. The normalized spacial score (nSPS) is 9.71. The standard InChI is InChI=1S/C11H10Cl2FNO2/c1-6-3-4-7(5-8(6)14)9(10(12)13)15-11(16)17-2/h3-5H,1-2H3,(H,15,16). The summed E-state index contributed by atoms with van der Waals surface area (Å²) in [6.45, 7) is 1.62. The van der Waals surface area contributed by atoms with E-state index in [0.717, 1.165) is 0 Å². The maximum atomic E-state index is 13.4. The summed E-state index contributed by atoms with van der Waals surface area (Å²) in [4.78, 5) is 11.1. The van der Waals surface area contributed by atoms with Crippen molar-refractivity contribution in [3.05, 3.63) is 39.6 Å². The molecule has 0 unspecified atom stereocenters. The Bertz CT molecular complexity index is 471. The van der Waals surface area contributed by atoms with Crippen molar-refractivity contribution in [2.45, 2.75) is 6.92 Å². The van der Waals surface area contributed by atoms with Gasteiger partial charge in [0.15, 0.2) is 0 Å². The van der Waals surface area contributed by atoms with E-state index >= 15 is 0 Å². The van der Waals surface area contributed by atoms with E-state index in [0.29, 0.717) is 11.1 Å². The molecule has 17 heavy (non-hydrogen) atoms. The molecule has 0 aliphatic heterocycles. The third-order valence-corrected chi connectivity index (χ3v) is 2.44. The van der Waals surface area contributed by atoms with Gasteiger partial charge in [-0.2, -0.15) is 0 Å². The highest BCUT2D eigenvalue weighted by molar-refractivity contribution is 6.58. The van der Waals surface area contributed by atoms with E-state index in [4.69, 9.17) is 23.2 Å². The van der Waals surface area contributed by atoms with Crippen LogP contribution in [0.2, 0.25) is 0 Å². The minimum Gasteiger partial charge on any atom is -0.453 e. The number of hydrogen-bond acceptors (Lipinski definition) is 2. The molecule has 0 atom stereocenters. The summed E-state index contributed by atoms with van der Waals surface area (Å²) in [6.07, 6.45) is -0.736. The van der Waals surface area contributed by atoms with Crippen LogP contribution >= 0.6 is 23.2 Å². The number of nitrogens with one attached hydrogen (secondary N) is 1. The van der Waals surface area contributed by atoms with E-state index in [9.17, 15) is 9.18 Å². The fourth-order valence-corrected chi connectivity index (χ4v) is 1.44. The Morgan fingerprint density at radius 1 is 1.41 bits per heavy atom.